The summed E-state index contributed by atoms with van der Waals surface area (Å²) in [4.78, 5) is 3.99. The molecule has 0 aliphatic rings. The van der Waals surface area contributed by atoms with Crippen LogP contribution in [0, 0.1) is 19.7 Å². The van der Waals surface area contributed by atoms with E-state index in [9.17, 15) is 4.39 Å². The van der Waals surface area contributed by atoms with Gasteiger partial charge in [-0.1, -0.05) is 5.16 Å². The maximum absolute atomic E-state index is 13.0. The third-order valence-electron chi connectivity index (χ3n) is 2.07. The van der Waals surface area contributed by atoms with E-state index in [2.05, 4.69) is 10.1 Å². The van der Waals surface area contributed by atoms with Crippen LogP contribution in [0.5, 0.6) is 5.75 Å². The number of aryl methyl sites for hydroxylation is 2. The molecule has 84 valence electrons. The van der Waals surface area contributed by atoms with Gasteiger partial charge in [-0.2, -0.15) is 4.98 Å². The number of hydrogen-bond acceptors (Lipinski definition) is 4. The Morgan fingerprint density at radius 3 is 2.81 bits per heavy atom. The van der Waals surface area contributed by atoms with Crippen molar-refractivity contribution in [1.82, 2.24) is 10.1 Å². The van der Waals surface area contributed by atoms with Crippen molar-refractivity contribution in [3.05, 3.63) is 41.3 Å². The highest BCUT2D eigenvalue weighted by Crippen LogP contribution is 2.16. The van der Waals surface area contributed by atoms with Crippen LogP contribution in [0.25, 0.3) is 0 Å². The monoisotopic (exact) mass is 222 g/mol. The molecule has 0 atom stereocenters. The van der Waals surface area contributed by atoms with Gasteiger partial charge in [0, 0.05) is 6.92 Å². The summed E-state index contributed by atoms with van der Waals surface area (Å²) in [5.74, 6) is 1.30. The SMILES string of the molecule is Cc1nc(COc2ccc(F)c(C)c2)no1. The summed E-state index contributed by atoms with van der Waals surface area (Å²) >= 11 is 0. The maximum Gasteiger partial charge on any atom is 0.223 e. The normalized spacial score (nSPS) is 10.4. The number of hydrogen-bond donors (Lipinski definition) is 0. The van der Waals surface area contributed by atoms with Crippen LogP contribution >= 0.6 is 0 Å². The van der Waals surface area contributed by atoms with E-state index in [0.29, 0.717) is 23.0 Å². The molecule has 1 aromatic carbocycles. The minimum atomic E-state index is -0.247. The second-order valence-corrected chi connectivity index (χ2v) is 3.43. The molecular formula is C11H11FN2O2. The van der Waals surface area contributed by atoms with Crippen LogP contribution in [-0.4, -0.2) is 10.1 Å². The minimum Gasteiger partial charge on any atom is -0.485 e. The number of benzene rings is 1. The summed E-state index contributed by atoms with van der Waals surface area (Å²) in [6.45, 7) is 3.60. The Morgan fingerprint density at radius 2 is 2.19 bits per heavy atom. The Morgan fingerprint density at radius 1 is 1.38 bits per heavy atom. The van der Waals surface area contributed by atoms with Crippen molar-refractivity contribution in [2.24, 2.45) is 0 Å². The van der Waals surface area contributed by atoms with Gasteiger partial charge in [-0.3, -0.25) is 0 Å². The highest BCUT2D eigenvalue weighted by atomic mass is 19.1. The molecular weight excluding hydrogens is 211 g/mol. The summed E-state index contributed by atoms with van der Waals surface area (Å²) in [7, 11) is 0. The second kappa shape index (κ2) is 4.30. The number of nitrogens with zero attached hydrogens (tertiary/aromatic N) is 2. The molecule has 0 unspecified atom stereocenters. The second-order valence-electron chi connectivity index (χ2n) is 3.43. The van der Waals surface area contributed by atoms with Gasteiger partial charge in [-0.15, -0.1) is 0 Å². The van der Waals surface area contributed by atoms with Crippen LogP contribution < -0.4 is 4.74 Å². The fourth-order valence-corrected chi connectivity index (χ4v) is 1.25. The van der Waals surface area contributed by atoms with Crippen LogP contribution in [0.3, 0.4) is 0 Å². The van der Waals surface area contributed by atoms with Crippen LogP contribution in [0.4, 0.5) is 4.39 Å². The Bertz CT molecular complexity index is 496. The highest BCUT2D eigenvalue weighted by molar-refractivity contribution is 5.28. The fourth-order valence-electron chi connectivity index (χ4n) is 1.25. The molecule has 0 saturated carbocycles. The van der Waals surface area contributed by atoms with E-state index in [4.69, 9.17) is 9.26 Å². The van der Waals surface area contributed by atoms with Crippen molar-refractivity contribution in [1.29, 1.82) is 0 Å². The zero-order chi connectivity index (χ0) is 11.5. The zero-order valence-corrected chi connectivity index (χ0v) is 9.03. The van der Waals surface area contributed by atoms with Crippen LogP contribution in [0.15, 0.2) is 22.7 Å². The summed E-state index contributed by atoms with van der Waals surface area (Å²) < 4.78 is 23.2. The fraction of sp³-hybridized carbons (Fsp3) is 0.273. The summed E-state index contributed by atoms with van der Waals surface area (Å²) in [5.41, 5.74) is 0.543. The van der Waals surface area contributed by atoms with Gasteiger partial charge < -0.3 is 9.26 Å². The first-order valence-corrected chi connectivity index (χ1v) is 4.83. The molecule has 0 saturated heterocycles. The molecule has 4 nitrogen and oxygen atoms in total. The van der Waals surface area contributed by atoms with E-state index in [1.54, 1.807) is 26.0 Å². The molecule has 0 fully saturated rings. The van der Waals surface area contributed by atoms with Gasteiger partial charge in [-0.25, -0.2) is 4.39 Å². The molecule has 0 spiro atoms. The smallest absolute Gasteiger partial charge is 0.223 e. The van der Waals surface area contributed by atoms with Crippen molar-refractivity contribution in [3.63, 3.8) is 0 Å². The van der Waals surface area contributed by atoms with Gasteiger partial charge in [0.05, 0.1) is 0 Å². The van der Waals surface area contributed by atoms with Gasteiger partial charge in [0.2, 0.25) is 11.7 Å². The minimum absolute atomic E-state index is 0.211. The Kier molecular flexibility index (Phi) is 2.85. The van der Waals surface area contributed by atoms with Gasteiger partial charge in [-0.05, 0) is 30.7 Å². The predicted octanol–water partition coefficient (Wildman–Crippen LogP) is 2.40. The molecule has 0 radical (unpaired) electrons. The quantitative estimate of drug-likeness (QED) is 0.800. The van der Waals surface area contributed by atoms with E-state index in [0.717, 1.165) is 0 Å². The predicted molar refractivity (Wildman–Crippen MR) is 54.5 cm³/mol. The Hall–Kier alpha value is -1.91. The summed E-state index contributed by atoms with van der Waals surface area (Å²) in [6, 6.07) is 4.56. The number of ether oxygens (including phenoxy) is 1. The lowest BCUT2D eigenvalue weighted by Gasteiger charge is -2.04. The van der Waals surface area contributed by atoms with Crippen molar-refractivity contribution >= 4 is 0 Å². The van der Waals surface area contributed by atoms with Gasteiger partial charge in [0.15, 0.2) is 6.61 Å². The topological polar surface area (TPSA) is 48.2 Å². The molecule has 1 heterocycles. The van der Waals surface area contributed by atoms with E-state index >= 15 is 0 Å². The average Bonchev–Trinajstić information content (AvgIpc) is 2.66. The van der Waals surface area contributed by atoms with E-state index in [-0.39, 0.29) is 12.4 Å². The van der Waals surface area contributed by atoms with Crippen LogP contribution in [0.1, 0.15) is 17.3 Å². The molecule has 0 N–H and O–H groups in total. The van der Waals surface area contributed by atoms with Gasteiger partial charge in [0.1, 0.15) is 11.6 Å². The molecule has 2 aromatic rings. The highest BCUT2D eigenvalue weighted by Gasteiger charge is 2.04. The number of aromatic nitrogens is 2. The molecule has 0 aliphatic carbocycles. The van der Waals surface area contributed by atoms with E-state index in [1.807, 2.05) is 0 Å². The standard InChI is InChI=1S/C11H11FN2O2/c1-7-5-9(3-4-10(7)12)15-6-11-13-8(2)16-14-11/h3-5H,6H2,1-2H3. The first kappa shape index (κ1) is 10.6. The Labute approximate surface area is 92.0 Å². The Balaban J connectivity index is 2.02. The summed E-state index contributed by atoms with van der Waals surface area (Å²) in [6.07, 6.45) is 0. The first-order valence-electron chi connectivity index (χ1n) is 4.83. The third-order valence-corrected chi connectivity index (χ3v) is 2.07. The third kappa shape index (κ3) is 2.36. The maximum atomic E-state index is 13.0. The van der Waals surface area contributed by atoms with Crippen LogP contribution in [-0.2, 0) is 6.61 Å². The lowest BCUT2D eigenvalue weighted by molar-refractivity contribution is 0.285. The molecule has 1 aromatic heterocycles. The van der Waals surface area contributed by atoms with E-state index in [1.165, 1.54) is 6.07 Å². The van der Waals surface area contributed by atoms with Crippen molar-refractivity contribution in [3.8, 4) is 5.75 Å². The number of rotatable bonds is 3. The molecule has 2 rings (SSSR count). The molecule has 5 heteroatoms. The average molecular weight is 222 g/mol. The molecule has 0 bridgehead atoms. The summed E-state index contributed by atoms with van der Waals surface area (Å²) in [5, 5.41) is 3.69. The molecule has 0 aliphatic heterocycles. The van der Waals surface area contributed by atoms with Crippen molar-refractivity contribution in [2.75, 3.05) is 0 Å². The van der Waals surface area contributed by atoms with Gasteiger partial charge in [0.25, 0.3) is 0 Å². The molecule has 16 heavy (non-hydrogen) atoms. The number of halogens is 1. The van der Waals surface area contributed by atoms with Crippen LogP contribution in [0.2, 0.25) is 0 Å². The van der Waals surface area contributed by atoms with Crippen molar-refractivity contribution in [2.45, 2.75) is 20.5 Å². The van der Waals surface area contributed by atoms with E-state index < -0.39 is 0 Å². The largest absolute Gasteiger partial charge is 0.485 e. The van der Waals surface area contributed by atoms with Gasteiger partial charge >= 0.3 is 0 Å². The lowest BCUT2D eigenvalue weighted by atomic mass is 10.2. The van der Waals surface area contributed by atoms with Crippen molar-refractivity contribution < 1.29 is 13.7 Å². The first-order chi connectivity index (χ1) is 7.65. The lowest BCUT2D eigenvalue weighted by Crippen LogP contribution is -1.98. The zero-order valence-electron chi connectivity index (χ0n) is 9.03. The molecule has 0 amide bonds.